The summed E-state index contributed by atoms with van der Waals surface area (Å²) in [4.78, 5) is 0. The summed E-state index contributed by atoms with van der Waals surface area (Å²) in [7, 11) is 0. The van der Waals surface area contributed by atoms with E-state index in [1.54, 1.807) is 6.07 Å². The molecular formula is C13H18FNO. The van der Waals surface area contributed by atoms with Gasteiger partial charge in [0.1, 0.15) is 5.82 Å². The van der Waals surface area contributed by atoms with Crippen LogP contribution in [0.15, 0.2) is 24.3 Å². The van der Waals surface area contributed by atoms with Crippen LogP contribution in [0, 0.1) is 5.82 Å². The highest BCUT2D eigenvalue weighted by Gasteiger charge is 2.17. The molecule has 2 rings (SSSR count). The molecule has 1 aliphatic heterocycles. The predicted octanol–water partition coefficient (Wildman–Crippen LogP) is 2.66. The highest BCUT2D eigenvalue weighted by atomic mass is 19.1. The molecule has 1 unspecified atom stereocenters. The molecule has 1 N–H and O–H groups in total. The first-order chi connectivity index (χ1) is 7.77. The van der Waals surface area contributed by atoms with E-state index in [2.05, 4.69) is 5.32 Å². The number of hydrogen-bond donors (Lipinski definition) is 1. The number of hydrogen-bond acceptors (Lipinski definition) is 2. The molecule has 1 aliphatic rings. The van der Waals surface area contributed by atoms with Gasteiger partial charge in [-0.1, -0.05) is 18.2 Å². The van der Waals surface area contributed by atoms with Crippen molar-refractivity contribution in [3.63, 3.8) is 0 Å². The fourth-order valence-electron chi connectivity index (χ4n) is 2.13. The van der Waals surface area contributed by atoms with Crippen LogP contribution < -0.4 is 5.32 Å². The average Bonchev–Trinajstić information content (AvgIpc) is 2.31. The Bertz CT molecular complexity index is 336. The van der Waals surface area contributed by atoms with Gasteiger partial charge in [0, 0.05) is 30.9 Å². The maximum atomic E-state index is 13.5. The number of halogens is 1. The van der Waals surface area contributed by atoms with Crippen LogP contribution in [-0.4, -0.2) is 19.3 Å². The fraction of sp³-hybridized carbons (Fsp3) is 0.538. The Hall–Kier alpha value is -0.930. The van der Waals surface area contributed by atoms with Crippen LogP contribution in [0.2, 0.25) is 0 Å². The molecule has 1 atom stereocenters. The molecule has 0 bridgehead atoms. The minimum Gasteiger partial charge on any atom is -0.381 e. The van der Waals surface area contributed by atoms with Crippen LogP contribution in [-0.2, 0) is 4.74 Å². The zero-order valence-electron chi connectivity index (χ0n) is 9.58. The van der Waals surface area contributed by atoms with E-state index in [4.69, 9.17) is 4.74 Å². The van der Waals surface area contributed by atoms with E-state index in [1.807, 2.05) is 19.1 Å². The van der Waals surface area contributed by atoms with Gasteiger partial charge in [-0.3, -0.25) is 0 Å². The summed E-state index contributed by atoms with van der Waals surface area (Å²) in [5.41, 5.74) is 0.744. The Balaban J connectivity index is 1.96. The van der Waals surface area contributed by atoms with Crippen LogP contribution in [0.4, 0.5) is 4.39 Å². The van der Waals surface area contributed by atoms with Crippen LogP contribution in [0.5, 0.6) is 0 Å². The molecule has 1 saturated heterocycles. The highest BCUT2D eigenvalue weighted by Crippen LogP contribution is 2.18. The zero-order chi connectivity index (χ0) is 11.4. The molecule has 1 aromatic carbocycles. The largest absolute Gasteiger partial charge is 0.381 e. The summed E-state index contributed by atoms with van der Waals surface area (Å²) in [6, 6.07) is 7.46. The number of benzene rings is 1. The van der Waals surface area contributed by atoms with Crippen molar-refractivity contribution in [1.29, 1.82) is 0 Å². The molecule has 3 heteroatoms. The standard InChI is InChI=1S/C13H18FNO/c1-10(12-4-2-3-5-13(12)14)15-11-6-8-16-9-7-11/h2-5,10-11,15H,6-9H2,1H3. The third kappa shape index (κ3) is 2.80. The summed E-state index contributed by atoms with van der Waals surface area (Å²) < 4.78 is 18.8. The van der Waals surface area contributed by atoms with Gasteiger partial charge in [0.2, 0.25) is 0 Å². The summed E-state index contributed by atoms with van der Waals surface area (Å²) in [5.74, 6) is -0.130. The lowest BCUT2D eigenvalue weighted by Crippen LogP contribution is -2.36. The number of nitrogens with one attached hydrogen (secondary N) is 1. The Labute approximate surface area is 95.8 Å². The molecule has 1 heterocycles. The van der Waals surface area contributed by atoms with Gasteiger partial charge < -0.3 is 10.1 Å². The van der Waals surface area contributed by atoms with Crippen LogP contribution in [0.1, 0.15) is 31.4 Å². The van der Waals surface area contributed by atoms with Crippen molar-refractivity contribution in [2.45, 2.75) is 31.8 Å². The molecule has 1 fully saturated rings. The molecular weight excluding hydrogens is 205 g/mol. The Morgan fingerprint density at radius 2 is 2.00 bits per heavy atom. The first kappa shape index (κ1) is 11.6. The van der Waals surface area contributed by atoms with E-state index in [1.165, 1.54) is 6.07 Å². The summed E-state index contributed by atoms with van der Waals surface area (Å²) in [6.45, 7) is 3.62. The van der Waals surface area contributed by atoms with Crippen LogP contribution in [0.25, 0.3) is 0 Å². The van der Waals surface area contributed by atoms with Gasteiger partial charge in [0.05, 0.1) is 0 Å². The smallest absolute Gasteiger partial charge is 0.127 e. The van der Waals surface area contributed by atoms with Gasteiger partial charge in [0.25, 0.3) is 0 Å². The van der Waals surface area contributed by atoms with E-state index in [9.17, 15) is 4.39 Å². The maximum Gasteiger partial charge on any atom is 0.127 e. The van der Waals surface area contributed by atoms with Gasteiger partial charge in [0.15, 0.2) is 0 Å². The van der Waals surface area contributed by atoms with Crippen molar-refractivity contribution in [3.8, 4) is 0 Å². The number of rotatable bonds is 3. The van der Waals surface area contributed by atoms with E-state index in [0.717, 1.165) is 31.6 Å². The van der Waals surface area contributed by atoms with Crippen molar-refractivity contribution >= 4 is 0 Å². The van der Waals surface area contributed by atoms with E-state index in [0.29, 0.717) is 6.04 Å². The second-order valence-electron chi connectivity index (χ2n) is 4.30. The minimum atomic E-state index is -0.130. The Kier molecular flexibility index (Phi) is 3.91. The SMILES string of the molecule is CC(NC1CCOCC1)c1ccccc1F. The second-order valence-corrected chi connectivity index (χ2v) is 4.30. The van der Waals surface area contributed by atoms with Crippen molar-refractivity contribution in [1.82, 2.24) is 5.32 Å². The molecule has 16 heavy (non-hydrogen) atoms. The van der Waals surface area contributed by atoms with E-state index < -0.39 is 0 Å². The second kappa shape index (κ2) is 5.41. The highest BCUT2D eigenvalue weighted by molar-refractivity contribution is 5.20. The van der Waals surface area contributed by atoms with Crippen molar-refractivity contribution in [3.05, 3.63) is 35.6 Å². The lowest BCUT2D eigenvalue weighted by Gasteiger charge is -2.27. The van der Waals surface area contributed by atoms with Crippen molar-refractivity contribution in [2.24, 2.45) is 0 Å². The molecule has 2 nitrogen and oxygen atoms in total. The molecule has 0 saturated carbocycles. The quantitative estimate of drug-likeness (QED) is 0.850. The Morgan fingerprint density at radius 3 is 2.69 bits per heavy atom. The summed E-state index contributed by atoms with van der Waals surface area (Å²) in [6.07, 6.45) is 2.03. The predicted molar refractivity (Wildman–Crippen MR) is 61.8 cm³/mol. The van der Waals surface area contributed by atoms with Crippen LogP contribution >= 0.6 is 0 Å². The normalized spacial score (nSPS) is 19.6. The Morgan fingerprint density at radius 1 is 1.31 bits per heavy atom. The maximum absolute atomic E-state index is 13.5. The molecule has 0 radical (unpaired) electrons. The topological polar surface area (TPSA) is 21.3 Å². The summed E-state index contributed by atoms with van der Waals surface area (Å²) >= 11 is 0. The number of ether oxygens (including phenoxy) is 1. The molecule has 0 spiro atoms. The van der Waals surface area contributed by atoms with Crippen molar-refractivity contribution < 1.29 is 9.13 Å². The zero-order valence-corrected chi connectivity index (χ0v) is 9.58. The average molecular weight is 223 g/mol. The lowest BCUT2D eigenvalue weighted by atomic mass is 10.0. The molecule has 0 aromatic heterocycles. The van der Waals surface area contributed by atoms with Gasteiger partial charge in [-0.05, 0) is 25.8 Å². The molecule has 88 valence electrons. The van der Waals surface area contributed by atoms with Gasteiger partial charge in [-0.2, -0.15) is 0 Å². The van der Waals surface area contributed by atoms with Crippen LogP contribution in [0.3, 0.4) is 0 Å². The van der Waals surface area contributed by atoms with Gasteiger partial charge >= 0.3 is 0 Å². The van der Waals surface area contributed by atoms with Gasteiger partial charge in [-0.15, -0.1) is 0 Å². The van der Waals surface area contributed by atoms with Crippen molar-refractivity contribution in [2.75, 3.05) is 13.2 Å². The molecule has 1 aromatic rings. The first-order valence-corrected chi connectivity index (χ1v) is 5.85. The lowest BCUT2D eigenvalue weighted by molar-refractivity contribution is 0.0753. The van der Waals surface area contributed by atoms with E-state index >= 15 is 0 Å². The third-order valence-electron chi connectivity index (χ3n) is 3.08. The summed E-state index contributed by atoms with van der Waals surface area (Å²) in [5, 5.41) is 3.46. The van der Waals surface area contributed by atoms with Gasteiger partial charge in [-0.25, -0.2) is 4.39 Å². The fourth-order valence-corrected chi connectivity index (χ4v) is 2.13. The molecule has 0 amide bonds. The molecule has 0 aliphatic carbocycles. The minimum absolute atomic E-state index is 0.0595. The first-order valence-electron chi connectivity index (χ1n) is 5.85. The van der Waals surface area contributed by atoms with E-state index in [-0.39, 0.29) is 11.9 Å². The monoisotopic (exact) mass is 223 g/mol. The third-order valence-corrected chi connectivity index (χ3v) is 3.08.